The summed E-state index contributed by atoms with van der Waals surface area (Å²) in [6.45, 7) is 0.427. The Morgan fingerprint density at radius 2 is 1.74 bits per heavy atom. The monoisotopic (exact) mass is 374 g/mol. The normalized spacial score (nSPS) is 10.3. The maximum absolute atomic E-state index is 12.0. The number of carbonyl (C=O) groups is 2. The third-order valence-corrected chi connectivity index (χ3v) is 3.18. The van der Waals surface area contributed by atoms with Crippen molar-refractivity contribution in [2.45, 2.75) is 0 Å². The summed E-state index contributed by atoms with van der Waals surface area (Å²) in [6, 6.07) is 14.8. The van der Waals surface area contributed by atoms with Crippen LogP contribution in [0.2, 0.25) is 0 Å². The van der Waals surface area contributed by atoms with E-state index in [1.165, 1.54) is 0 Å². The molecule has 0 aliphatic heterocycles. The molecule has 0 unspecified atom stereocenters. The zero-order valence-corrected chi connectivity index (χ0v) is 13.7. The first-order chi connectivity index (χ1) is 11.2. The van der Waals surface area contributed by atoms with E-state index in [9.17, 15) is 9.59 Å². The molecule has 0 aliphatic carbocycles. The Balaban J connectivity index is 1.88. The second kappa shape index (κ2) is 8.75. The average Bonchev–Trinajstić information content (AvgIpc) is 2.56. The topological polar surface area (TPSA) is 67.4 Å². The van der Waals surface area contributed by atoms with Gasteiger partial charge in [-0.15, -0.1) is 0 Å². The molecule has 0 bridgehead atoms. The summed E-state index contributed by atoms with van der Waals surface area (Å²) in [4.78, 5) is 25.5. The van der Waals surface area contributed by atoms with Crippen LogP contribution in [0.3, 0.4) is 0 Å². The molecule has 0 fully saturated rings. The molecule has 0 heterocycles. The molecule has 118 valence electrons. The predicted molar refractivity (Wildman–Crippen MR) is 92.9 cm³/mol. The van der Waals surface area contributed by atoms with Crippen molar-refractivity contribution in [3.05, 3.63) is 71.2 Å². The number of carbonyl (C=O) groups excluding carboxylic acids is 2. The van der Waals surface area contributed by atoms with Crippen molar-refractivity contribution in [2.24, 2.45) is 0 Å². The molecule has 0 aliphatic rings. The number of hydrogen-bond acceptors (Lipinski definition) is 3. The van der Waals surface area contributed by atoms with Gasteiger partial charge in [0, 0.05) is 11.3 Å². The van der Waals surface area contributed by atoms with Crippen LogP contribution in [-0.4, -0.2) is 18.5 Å². The second-order valence-electron chi connectivity index (χ2n) is 4.47. The van der Waals surface area contributed by atoms with Gasteiger partial charge in [0.25, 0.3) is 5.91 Å². The molecule has 2 aromatic carbocycles. The van der Waals surface area contributed by atoms with Crippen molar-refractivity contribution in [3.8, 4) is 5.75 Å². The molecule has 2 aromatic rings. The fourth-order valence-electron chi connectivity index (χ4n) is 1.74. The molecular formula is C17H15BrN2O3. The summed E-state index contributed by atoms with van der Waals surface area (Å²) >= 11 is 3.15. The van der Waals surface area contributed by atoms with Gasteiger partial charge in [-0.1, -0.05) is 34.1 Å². The SMILES string of the molecule is O=C(NC(=O)c1ccc(OCC=CBr)cc1)Nc1ccccc1. The highest BCUT2D eigenvalue weighted by Gasteiger charge is 2.10. The van der Waals surface area contributed by atoms with Crippen LogP contribution in [0.1, 0.15) is 10.4 Å². The van der Waals surface area contributed by atoms with Crippen molar-refractivity contribution in [3.63, 3.8) is 0 Å². The van der Waals surface area contributed by atoms with Gasteiger partial charge < -0.3 is 10.1 Å². The minimum Gasteiger partial charge on any atom is -0.490 e. The first-order valence-electron chi connectivity index (χ1n) is 6.84. The number of ether oxygens (including phenoxy) is 1. The number of hydrogen-bond donors (Lipinski definition) is 2. The van der Waals surface area contributed by atoms with Gasteiger partial charge in [0.1, 0.15) is 12.4 Å². The minimum atomic E-state index is -0.580. The summed E-state index contributed by atoms with van der Waals surface area (Å²) in [5.74, 6) is 0.159. The smallest absolute Gasteiger partial charge is 0.326 e. The van der Waals surface area contributed by atoms with Crippen LogP contribution >= 0.6 is 15.9 Å². The van der Waals surface area contributed by atoms with Gasteiger partial charge >= 0.3 is 6.03 Å². The first kappa shape index (κ1) is 16.8. The van der Waals surface area contributed by atoms with Crippen LogP contribution in [0.15, 0.2) is 65.7 Å². The summed E-state index contributed by atoms with van der Waals surface area (Å²) in [5.41, 5.74) is 0.984. The highest BCUT2D eigenvalue weighted by Crippen LogP contribution is 2.12. The number of nitrogens with one attached hydrogen (secondary N) is 2. The average molecular weight is 375 g/mol. The van der Waals surface area contributed by atoms with E-state index in [0.29, 0.717) is 23.6 Å². The van der Waals surface area contributed by atoms with E-state index in [2.05, 4.69) is 26.6 Å². The van der Waals surface area contributed by atoms with Crippen LogP contribution in [0, 0.1) is 0 Å². The highest BCUT2D eigenvalue weighted by atomic mass is 79.9. The molecule has 6 heteroatoms. The number of imide groups is 1. The Labute approximate surface area is 142 Å². The number of rotatable bonds is 5. The zero-order valence-electron chi connectivity index (χ0n) is 12.2. The second-order valence-corrected chi connectivity index (χ2v) is 5.00. The predicted octanol–water partition coefficient (Wildman–Crippen LogP) is 3.94. The molecule has 0 radical (unpaired) electrons. The molecule has 0 atom stereocenters. The highest BCUT2D eigenvalue weighted by molar-refractivity contribution is 9.11. The molecular weight excluding hydrogens is 360 g/mol. The lowest BCUT2D eigenvalue weighted by molar-refractivity contribution is 0.0967. The van der Waals surface area contributed by atoms with E-state index in [1.54, 1.807) is 59.6 Å². The maximum Gasteiger partial charge on any atom is 0.326 e. The van der Waals surface area contributed by atoms with Gasteiger partial charge in [-0.05, 0) is 47.5 Å². The number of para-hydroxylation sites is 1. The molecule has 0 saturated carbocycles. The Bertz CT molecular complexity index is 685. The van der Waals surface area contributed by atoms with Gasteiger partial charge in [-0.3, -0.25) is 10.1 Å². The Kier molecular flexibility index (Phi) is 6.38. The first-order valence-corrected chi connectivity index (χ1v) is 7.76. The lowest BCUT2D eigenvalue weighted by atomic mass is 10.2. The van der Waals surface area contributed by atoms with Crippen molar-refractivity contribution in [1.29, 1.82) is 0 Å². The van der Waals surface area contributed by atoms with Gasteiger partial charge in [-0.2, -0.15) is 0 Å². The van der Waals surface area contributed by atoms with E-state index >= 15 is 0 Å². The third-order valence-electron chi connectivity index (χ3n) is 2.81. The fraction of sp³-hybridized carbons (Fsp3) is 0.0588. The van der Waals surface area contributed by atoms with Crippen molar-refractivity contribution >= 4 is 33.6 Å². The summed E-state index contributed by atoms with van der Waals surface area (Å²) < 4.78 is 5.41. The molecule has 0 spiro atoms. The van der Waals surface area contributed by atoms with E-state index in [4.69, 9.17) is 4.74 Å². The fourth-order valence-corrected chi connectivity index (χ4v) is 1.89. The van der Waals surface area contributed by atoms with Crippen LogP contribution < -0.4 is 15.4 Å². The molecule has 3 amide bonds. The Morgan fingerprint density at radius 1 is 1.04 bits per heavy atom. The zero-order chi connectivity index (χ0) is 16.5. The van der Waals surface area contributed by atoms with Crippen LogP contribution in [0.5, 0.6) is 5.75 Å². The standard InChI is InChI=1S/C17H15BrN2O3/c18-11-4-12-23-15-9-7-13(8-10-15)16(21)20-17(22)19-14-5-2-1-3-6-14/h1-11H,12H2,(H2,19,20,21,22). The van der Waals surface area contributed by atoms with Gasteiger partial charge in [-0.25, -0.2) is 4.79 Å². The summed E-state index contributed by atoms with van der Waals surface area (Å²) in [6.07, 6.45) is 1.80. The van der Waals surface area contributed by atoms with E-state index in [-0.39, 0.29) is 0 Å². The summed E-state index contributed by atoms with van der Waals surface area (Å²) in [5, 5.41) is 4.85. The van der Waals surface area contributed by atoms with E-state index in [0.717, 1.165) is 0 Å². The van der Waals surface area contributed by atoms with Crippen LogP contribution in [-0.2, 0) is 0 Å². The molecule has 0 aromatic heterocycles. The summed E-state index contributed by atoms with van der Waals surface area (Å²) in [7, 11) is 0. The van der Waals surface area contributed by atoms with Gasteiger partial charge in [0.05, 0.1) is 0 Å². The molecule has 5 nitrogen and oxygen atoms in total. The maximum atomic E-state index is 12.0. The third kappa shape index (κ3) is 5.60. The lowest BCUT2D eigenvalue weighted by Gasteiger charge is -2.07. The molecule has 23 heavy (non-hydrogen) atoms. The Morgan fingerprint density at radius 3 is 2.39 bits per heavy atom. The molecule has 2 rings (SSSR count). The van der Waals surface area contributed by atoms with E-state index in [1.807, 2.05) is 6.07 Å². The quantitative estimate of drug-likeness (QED) is 0.832. The number of urea groups is 1. The van der Waals surface area contributed by atoms with Gasteiger partial charge in [0.2, 0.25) is 0 Å². The number of halogens is 1. The lowest BCUT2D eigenvalue weighted by Crippen LogP contribution is -2.34. The molecule has 0 saturated heterocycles. The number of anilines is 1. The Hall–Kier alpha value is -2.60. The number of amides is 3. The van der Waals surface area contributed by atoms with Crippen molar-refractivity contribution in [1.82, 2.24) is 5.32 Å². The van der Waals surface area contributed by atoms with Crippen molar-refractivity contribution in [2.75, 3.05) is 11.9 Å². The van der Waals surface area contributed by atoms with Crippen molar-refractivity contribution < 1.29 is 14.3 Å². The largest absolute Gasteiger partial charge is 0.490 e. The minimum absolute atomic E-state index is 0.372. The van der Waals surface area contributed by atoms with Crippen LogP contribution in [0.4, 0.5) is 10.5 Å². The van der Waals surface area contributed by atoms with Crippen LogP contribution in [0.25, 0.3) is 0 Å². The van der Waals surface area contributed by atoms with E-state index < -0.39 is 11.9 Å². The molecule has 2 N–H and O–H groups in total. The van der Waals surface area contributed by atoms with Gasteiger partial charge in [0.15, 0.2) is 0 Å². The number of benzene rings is 2.